The summed E-state index contributed by atoms with van der Waals surface area (Å²) in [5.74, 6) is 0.216. The van der Waals surface area contributed by atoms with E-state index in [4.69, 9.17) is 0 Å². The molecule has 0 aliphatic rings. The van der Waals surface area contributed by atoms with E-state index in [1.165, 1.54) is 23.1 Å². The Balaban J connectivity index is 1.22. The maximum atomic E-state index is 12.7. The molecule has 0 saturated heterocycles. The zero-order valence-electron chi connectivity index (χ0n) is 18.4. The third-order valence-corrected chi connectivity index (χ3v) is 8.06. The zero-order chi connectivity index (χ0) is 24.2. The average molecular weight is 560 g/mol. The summed E-state index contributed by atoms with van der Waals surface area (Å²) in [7, 11) is 0. The van der Waals surface area contributed by atoms with Crippen LogP contribution in [0.3, 0.4) is 0 Å². The fourth-order valence-electron chi connectivity index (χ4n) is 3.54. The quantitative estimate of drug-likeness (QED) is 0.162. The predicted octanol–water partition coefficient (Wildman–Crippen LogP) is 7.95. The second-order valence-electron chi connectivity index (χ2n) is 7.78. The van der Waals surface area contributed by atoms with Gasteiger partial charge in [0.05, 0.1) is 16.0 Å². The molecule has 5 aromatic rings. The maximum absolute atomic E-state index is 12.7. The van der Waals surface area contributed by atoms with E-state index in [-0.39, 0.29) is 11.7 Å². The van der Waals surface area contributed by atoms with Gasteiger partial charge in [-0.25, -0.2) is 4.98 Å². The number of ketones is 1. The number of benzene rings is 4. The third kappa shape index (κ3) is 5.70. The van der Waals surface area contributed by atoms with Crippen LogP contribution in [0.1, 0.15) is 20.7 Å². The standard InChI is InChI=1S/C28H19BrN2O2S2/c29-22-12-10-21(11-13-22)27(33)30-23-14-15-24-26(16-23)35-28(31-24)34-17-25(32)20-8-6-19(7-9-20)18-4-2-1-3-5-18/h1-16H,17H2,(H,30,33). The molecule has 172 valence electrons. The van der Waals surface area contributed by atoms with Crippen LogP contribution < -0.4 is 5.32 Å². The molecule has 4 nitrogen and oxygen atoms in total. The Morgan fingerprint density at radius 2 is 1.51 bits per heavy atom. The van der Waals surface area contributed by atoms with Gasteiger partial charge in [0.15, 0.2) is 10.1 Å². The molecule has 0 unspecified atom stereocenters. The molecule has 0 fully saturated rings. The molecular weight excluding hydrogens is 540 g/mol. The smallest absolute Gasteiger partial charge is 0.255 e. The van der Waals surface area contributed by atoms with Gasteiger partial charge in [0.25, 0.3) is 5.91 Å². The van der Waals surface area contributed by atoms with Crippen LogP contribution in [0, 0.1) is 0 Å². The predicted molar refractivity (Wildman–Crippen MR) is 149 cm³/mol. The van der Waals surface area contributed by atoms with Crippen molar-refractivity contribution in [2.24, 2.45) is 0 Å². The molecule has 0 spiro atoms. The minimum absolute atomic E-state index is 0.0660. The van der Waals surface area contributed by atoms with E-state index in [9.17, 15) is 9.59 Å². The number of thiazole rings is 1. The lowest BCUT2D eigenvalue weighted by atomic mass is 10.0. The summed E-state index contributed by atoms with van der Waals surface area (Å²) in [5.41, 5.74) is 5.05. The molecule has 7 heteroatoms. The lowest BCUT2D eigenvalue weighted by Crippen LogP contribution is -2.11. The molecular formula is C28H19BrN2O2S2. The Morgan fingerprint density at radius 3 is 2.26 bits per heavy atom. The molecule has 4 aromatic carbocycles. The number of Topliss-reactive ketones (excluding diaryl/α,β-unsaturated/α-hetero) is 1. The highest BCUT2D eigenvalue weighted by Crippen LogP contribution is 2.32. The number of thioether (sulfide) groups is 1. The van der Waals surface area contributed by atoms with Crippen molar-refractivity contribution in [2.75, 3.05) is 11.1 Å². The lowest BCUT2D eigenvalue weighted by molar-refractivity contribution is 0.101. The summed E-state index contributed by atoms with van der Waals surface area (Å²) >= 11 is 6.33. The Labute approximate surface area is 219 Å². The average Bonchev–Trinajstić information content (AvgIpc) is 3.30. The monoisotopic (exact) mass is 558 g/mol. The number of carbonyl (C=O) groups excluding carboxylic acids is 2. The zero-order valence-corrected chi connectivity index (χ0v) is 21.6. The number of aromatic nitrogens is 1. The van der Waals surface area contributed by atoms with E-state index in [1.54, 1.807) is 12.1 Å². The molecule has 1 aromatic heterocycles. The first kappa shape index (κ1) is 23.5. The van der Waals surface area contributed by atoms with E-state index in [1.807, 2.05) is 72.8 Å². The van der Waals surface area contributed by atoms with Gasteiger partial charge in [-0.3, -0.25) is 9.59 Å². The number of rotatable bonds is 7. The Bertz CT molecular complexity index is 1500. The fourth-order valence-corrected chi connectivity index (χ4v) is 5.80. The molecule has 0 atom stereocenters. The number of anilines is 1. The Hall–Kier alpha value is -3.26. The van der Waals surface area contributed by atoms with Gasteiger partial charge >= 0.3 is 0 Å². The van der Waals surface area contributed by atoms with Crippen molar-refractivity contribution in [3.05, 3.63) is 113 Å². The summed E-state index contributed by atoms with van der Waals surface area (Å²) in [5, 5.41) is 2.93. The molecule has 0 saturated carbocycles. The summed E-state index contributed by atoms with van der Waals surface area (Å²) in [6.07, 6.45) is 0. The minimum Gasteiger partial charge on any atom is -0.322 e. The van der Waals surface area contributed by atoms with Crippen LogP contribution in [0.4, 0.5) is 5.69 Å². The van der Waals surface area contributed by atoms with E-state index >= 15 is 0 Å². The number of carbonyl (C=O) groups is 2. The number of amides is 1. The van der Waals surface area contributed by atoms with Crippen molar-refractivity contribution in [1.82, 2.24) is 4.98 Å². The number of hydrogen-bond acceptors (Lipinski definition) is 5. The molecule has 35 heavy (non-hydrogen) atoms. The molecule has 1 heterocycles. The van der Waals surface area contributed by atoms with Gasteiger partial charge in [0.1, 0.15) is 0 Å². The Morgan fingerprint density at radius 1 is 0.829 bits per heavy atom. The van der Waals surface area contributed by atoms with Crippen molar-refractivity contribution in [3.8, 4) is 11.1 Å². The van der Waals surface area contributed by atoms with Crippen LogP contribution in [0.15, 0.2) is 106 Å². The van der Waals surface area contributed by atoms with Crippen LogP contribution in [-0.4, -0.2) is 22.4 Å². The number of fused-ring (bicyclic) bond motifs is 1. The first-order valence-electron chi connectivity index (χ1n) is 10.8. The number of nitrogens with one attached hydrogen (secondary N) is 1. The van der Waals surface area contributed by atoms with E-state index in [0.29, 0.717) is 22.6 Å². The van der Waals surface area contributed by atoms with E-state index in [2.05, 4.69) is 38.4 Å². The molecule has 5 rings (SSSR count). The molecule has 1 amide bonds. The second kappa shape index (κ2) is 10.6. The van der Waals surface area contributed by atoms with Crippen molar-refractivity contribution < 1.29 is 9.59 Å². The van der Waals surface area contributed by atoms with Crippen LogP contribution in [0.5, 0.6) is 0 Å². The van der Waals surface area contributed by atoms with E-state index < -0.39 is 0 Å². The minimum atomic E-state index is -0.167. The third-order valence-electron chi connectivity index (χ3n) is 5.37. The van der Waals surface area contributed by atoms with Gasteiger partial charge in [-0.05, 0) is 53.6 Å². The van der Waals surface area contributed by atoms with Crippen LogP contribution >= 0.6 is 39.0 Å². The molecule has 0 aliphatic heterocycles. The summed E-state index contributed by atoms with van der Waals surface area (Å²) in [6.45, 7) is 0. The van der Waals surface area contributed by atoms with Crippen LogP contribution in [-0.2, 0) is 0 Å². The first-order valence-corrected chi connectivity index (χ1v) is 13.4. The number of halogens is 1. The molecule has 0 radical (unpaired) electrons. The van der Waals surface area contributed by atoms with Crippen LogP contribution in [0.2, 0.25) is 0 Å². The highest BCUT2D eigenvalue weighted by atomic mass is 79.9. The SMILES string of the molecule is O=C(CSc1nc2ccc(NC(=O)c3ccc(Br)cc3)cc2s1)c1ccc(-c2ccccc2)cc1. The lowest BCUT2D eigenvalue weighted by Gasteiger charge is -2.05. The molecule has 0 bridgehead atoms. The van der Waals surface area contributed by atoms with Gasteiger partial charge in [-0.1, -0.05) is 82.3 Å². The number of nitrogens with zero attached hydrogens (tertiary/aromatic N) is 1. The summed E-state index contributed by atoms with van der Waals surface area (Å²) in [6, 6.07) is 30.7. The fraction of sp³-hybridized carbons (Fsp3) is 0.0357. The second-order valence-corrected chi connectivity index (χ2v) is 10.9. The molecule has 1 N–H and O–H groups in total. The van der Waals surface area contributed by atoms with E-state index in [0.717, 1.165) is 30.2 Å². The number of hydrogen-bond donors (Lipinski definition) is 1. The largest absolute Gasteiger partial charge is 0.322 e. The topological polar surface area (TPSA) is 59.1 Å². The highest BCUT2D eigenvalue weighted by Gasteiger charge is 2.12. The van der Waals surface area contributed by atoms with Crippen molar-refractivity contribution in [3.63, 3.8) is 0 Å². The van der Waals surface area contributed by atoms with Crippen LogP contribution in [0.25, 0.3) is 21.3 Å². The normalized spacial score (nSPS) is 10.9. The molecule has 0 aliphatic carbocycles. The van der Waals surface area contributed by atoms with Gasteiger partial charge < -0.3 is 5.32 Å². The first-order chi connectivity index (χ1) is 17.0. The van der Waals surface area contributed by atoms with Gasteiger partial charge in [0.2, 0.25) is 0 Å². The summed E-state index contributed by atoms with van der Waals surface area (Å²) < 4.78 is 2.71. The van der Waals surface area contributed by atoms with Gasteiger partial charge in [-0.2, -0.15) is 0 Å². The van der Waals surface area contributed by atoms with Gasteiger partial charge in [-0.15, -0.1) is 11.3 Å². The summed E-state index contributed by atoms with van der Waals surface area (Å²) in [4.78, 5) is 29.8. The van der Waals surface area contributed by atoms with Gasteiger partial charge in [0, 0.05) is 21.3 Å². The van der Waals surface area contributed by atoms with Crippen molar-refractivity contribution in [1.29, 1.82) is 0 Å². The highest BCUT2D eigenvalue weighted by molar-refractivity contribution is 9.10. The Kier molecular flexibility index (Phi) is 7.08. The van der Waals surface area contributed by atoms with Crippen molar-refractivity contribution >= 4 is 66.6 Å². The van der Waals surface area contributed by atoms with Crippen molar-refractivity contribution in [2.45, 2.75) is 4.34 Å². The maximum Gasteiger partial charge on any atom is 0.255 e.